The minimum Gasteiger partial charge on any atom is -0.384 e. The average Bonchev–Trinajstić information content (AvgIpc) is 2.85. The predicted octanol–water partition coefficient (Wildman–Crippen LogP) is 0.984. The number of likely N-dealkylation sites (tertiary alicyclic amines) is 1. The summed E-state index contributed by atoms with van der Waals surface area (Å²) in [5, 5.41) is 3.93. The van der Waals surface area contributed by atoms with Crippen molar-refractivity contribution in [1.82, 2.24) is 15.0 Å². The van der Waals surface area contributed by atoms with Crippen LogP contribution in [0.4, 0.5) is 0 Å². The molecule has 6 nitrogen and oxygen atoms in total. The van der Waals surface area contributed by atoms with Gasteiger partial charge >= 0.3 is 0 Å². The van der Waals surface area contributed by atoms with Gasteiger partial charge in [0.15, 0.2) is 5.82 Å². The van der Waals surface area contributed by atoms with Crippen LogP contribution in [0.3, 0.4) is 0 Å². The highest BCUT2D eigenvalue weighted by molar-refractivity contribution is 5.77. The summed E-state index contributed by atoms with van der Waals surface area (Å²) in [6.07, 6.45) is 2.01. The number of hydrogen-bond donors (Lipinski definition) is 0. The van der Waals surface area contributed by atoms with Crippen molar-refractivity contribution >= 4 is 5.91 Å². The number of carbonyl (C=O) groups is 1. The lowest BCUT2D eigenvalue weighted by atomic mass is 9.97. The molecular weight excluding hydrogens is 234 g/mol. The van der Waals surface area contributed by atoms with E-state index in [2.05, 4.69) is 10.1 Å². The summed E-state index contributed by atoms with van der Waals surface area (Å²) in [4.78, 5) is 17.8. The van der Waals surface area contributed by atoms with Crippen molar-refractivity contribution in [3.05, 3.63) is 11.7 Å². The molecule has 0 spiro atoms. The maximum atomic E-state index is 11.6. The summed E-state index contributed by atoms with van der Waals surface area (Å²) in [5.41, 5.74) is 0. The van der Waals surface area contributed by atoms with Crippen LogP contribution in [0.15, 0.2) is 4.52 Å². The van der Waals surface area contributed by atoms with E-state index in [9.17, 15) is 4.79 Å². The van der Waals surface area contributed by atoms with Gasteiger partial charge in [-0.25, -0.2) is 0 Å². The van der Waals surface area contributed by atoms with Crippen LogP contribution >= 0.6 is 0 Å². The third kappa shape index (κ3) is 2.87. The van der Waals surface area contributed by atoms with Gasteiger partial charge in [0.1, 0.15) is 0 Å². The zero-order chi connectivity index (χ0) is 13.0. The Labute approximate surface area is 106 Å². The minimum atomic E-state index is 0.173. The second-order valence-corrected chi connectivity index (χ2v) is 4.46. The van der Waals surface area contributed by atoms with Crippen LogP contribution in [-0.4, -0.2) is 47.8 Å². The lowest BCUT2D eigenvalue weighted by Gasteiger charge is -2.29. The lowest BCUT2D eigenvalue weighted by Crippen LogP contribution is -2.38. The second-order valence-electron chi connectivity index (χ2n) is 4.46. The van der Waals surface area contributed by atoms with Crippen LogP contribution < -0.4 is 0 Å². The highest BCUT2D eigenvalue weighted by Gasteiger charge is 2.29. The number of piperidine rings is 1. The normalized spacial score (nSPS) is 20.4. The molecule has 1 aliphatic heterocycles. The number of likely N-dealkylation sites (N-methyl/N-ethyl adjacent to an activating group) is 1. The molecule has 0 aromatic carbocycles. The molecule has 0 saturated carbocycles. The van der Waals surface area contributed by atoms with Crippen molar-refractivity contribution in [2.75, 3.05) is 26.8 Å². The Kier molecular flexibility index (Phi) is 4.30. The molecule has 0 aliphatic carbocycles. The first-order valence-electron chi connectivity index (χ1n) is 6.33. The summed E-state index contributed by atoms with van der Waals surface area (Å²) in [6, 6.07) is 0. The Morgan fingerprint density at radius 2 is 2.39 bits per heavy atom. The predicted molar refractivity (Wildman–Crippen MR) is 64.1 cm³/mol. The zero-order valence-electron chi connectivity index (χ0n) is 10.9. The molecule has 0 unspecified atom stereocenters. The molecule has 6 heteroatoms. The molecule has 0 radical (unpaired) electrons. The van der Waals surface area contributed by atoms with Crippen molar-refractivity contribution in [3.8, 4) is 0 Å². The summed E-state index contributed by atoms with van der Waals surface area (Å²) < 4.78 is 10.2. The highest BCUT2D eigenvalue weighted by atomic mass is 16.5. The van der Waals surface area contributed by atoms with Gasteiger partial charge in [-0.15, -0.1) is 0 Å². The number of carbonyl (C=O) groups excluding carboxylic acids is 1. The summed E-state index contributed by atoms with van der Waals surface area (Å²) in [7, 11) is 1.65. The number of ether oxygens (including phenoxy) is 1. The average molecular weight is 253 g/mol. The van der Waals surface area contributed by atoms with Gasteiger partial charge in [0.05, 0.1) is 12.5 Å². The van der Waals surface area contributed by atoms with Crippen molar-refractivity contribution < 1.29 is 14.1 Å². The number of amides is 1. The smallest absolute Gasteiger partial charge is 0.231 e. The quantitative estimate of drug-likeness (QED) is 0.782. The van der Waals surface area contributed by atoms with Crippen LogP contribution in [0.25, 0.3) is 0 Å². The topological polar surface area (TPSA) is 68.5 Å². The fraction of sp³-hybridized carbons (Fsp3) is 0.750. The molecule has 1 amide bonds. The summed E-state index contributed by atoms with van der Waals surface area (Å²) in [5.74, 6) is 1.71. The van der Waals surface area contributed by atoms with E-state index in [0.29, 0.717) is 37.7 Å². The maximum absolute atomic E-state index is 11.6. The SMILES string of the molecule is CCN1C[C@@H](c2nc(CCOC)no2)CCC1=O. The Morgan fingerprint density at radius 3 is 3.11 bits per heavy atom. The first-order valence-corrected chi connectivity index (χ1v) is 6.33. The van der Waals surface area contributed by atoms with Gasteiger partial charge < -0.3 is 14.2 Å². The number of aromatic nitrogens is 2. The summed E-state index contributed by atoms with van der Waals surface area (Å²) >= 11 is 0. The van der Waals surface area contributed by atoms with Gasteiger partial charge in [-0.1, -0.05) is 5.16 Å². The van der Waals surface area contributed by atoms with E-state index in [1.807, 2.05) is 11.8 Å². The van der Waals surface area contributed by atoms with E-state index in [-0.39, 0.29) is 11.8 Å². The Morgan fingerprint density at radius 1 is 1.56 bits per heavy atom. The number of rotatable bonds is 5. The Bertz CT molecular complexity index is 405. The van der Waals surface area contributed by atoms with E-state index < -0.39 is 0 Å². The lowest BCUT2D eigenvalue weighted by molar-refractivity contribution is -0.133. The van der Waals surface area contributed by atoms with Gasteiger partial charge in [0.25, 0.3) is 0 Å². The zero-order valence-corrected chi connectivity index (χ0v) is 10.9. The molecule has 0 N–H and O–H groups in total. The molecule has 1 aromatic heterocycles. The molecular formula is C12H19N3O3. The molecule has 18 heavy (non-hydrogen) atoms. The van der Waals surface area contributed by atoms with Crippen LogP contribution in [0.5, 0.6) is 0 Å². The van der Waals surface area contributed by atoms with E-state index in [1.54, 1.807) is 7.11 Å². The number of methoxy groups -OCH3 is 1. The van der Waals surface area contributed by atoms with E-state index in [0.717, 1.165) is 13.0 Å². The molecule has 1 atom stereocenters. The maximum Gasteiger partial charge on any atom is 0.231 e. The first-order chi connectivity index (χ1) is 8.74. The fourth-order valence-corrected chi connectivity index (χ4v) is 2.15. The number of nitrogens with zero attached hydrogens (tertiary/aromatic N) is 3. The molecule has 0 bridgehead atoms. The van der Waals surface area contributed by atoms with Gasteiger partial charge in [-0.05, 0) is 13.3 Å². The fourth-order valence-electron chi connectivity index (χ4n) is 2.15. The molecule has 100 valence electrons. The third-order valence-electron chi connectivity index (χ3n) is 3.24. The Hall–Kier alpha value is -1.43. The van der Waals surface area contributed by atoms with Crippen LogP contribution in [0.2, 0.25) is 0 Å². The first kappa shape index (κ1) is 13.0. The second kappa shape index (κ2) is 5.95. The van der Waals surface area contributed by atoms with Gasteiger partial charge in [-0.3, -0.25) is 4.79 Å². The van der Waals surface area contributed by atoms with Crippen molar-refractivity contribution in [2.45, 2.75) is 32.1 Å². The van der Waals surface area contributed by atoms with E-state index in [4.69, 9.17) is 9.26 Å². The molecule has 1 fully saturated rings. The monoisotopic (exact) mass is 253 g/mol. The molecule has 1 aromatic rings. The van der Waals surface area contributed by atoms with Crippen molar-refractivity contribution in [1.29, 1.82) is 0 Å². The van der Waals surface area contributed by atoms with Crippen molar-refractivity contribution in [3.63, 3.8) is 0 Å². The summed E-state index contributed by atoms with van der Waals surface area (Å²) in [6.45, 7) is 3.99. The van der Waals surface area contributed by atoms with Crippen LogP contribution in [-0.2, 0) is 16.0 Å². The molecule has 2 heterocycles. The van der Waals surface area contributed by atoms with Crippen LogP contribution in [0, 0.1) is 0 Å². The van der Waals surface area contributed by atoms with Crippen molar-refractivity contribution in [2.24, 2.45) is 0 Å². The molecule has 2 rings (SSSR count). The minimum absolute atomic E-state index is 0.173. The van der Waals surface area contributed by atoms with Gasteiger partial charge in [-0.2, -0.15) is 4.98 Å². The largest absolute Gasteiger partial charge is 0.384 e. The standard InChI is InChI=1S/C12H19N3O3/c1-3-15-8-9(4-5-11(15)16)12-13-10(14-18-12)6-7-17-2/h9H,3-8H2,1-2H3/t9-/m0/s1. The van der Waals surface area contributed by atoms with E-state index >= 15 is 0 Å². The van der Waals surface area contributed by atoms with E-state index in [1.165, 1.54) is 0 Å². The Balaban J connectivity index is 1.98. The third-order valence-corrected chi connectivity index (χ3v) is 3.24. The highest BCUT2D eigenvalue weighted by Crippen LogP contribution is 2.26. The molecule has 1 saturated heterocycles. The molecule has 1 aliphatic rings. The number of hydrogen-bond acceptors (Lipinski definition) is 5. The van der Waals surface area contributed by atoms with Crippen LogP contribution in [0.1, 0.15) is 37.4 Å². The van der Waals surface area contributed by atoms with Gasteiger partial charge in [0, 0.05) is 33.0 Å². The van der Waals surface area contributed by atoms with Gasteiger partial charge in [0.2, 0.25) is 11.8 Å².